The Balaban J connectivity index is 1.41. The lowest BCUT2D eigenvalue weighted by Crippen LogP contribution is -2.32. The summed E-state index contributed by atoms with van der Waals surface area (Å²) < 4.78 is 0. The minimum atomic E-state index is 0.147. The van der Waals surface area contributed by atoms with Crippen LogP contribution in [0.15, 0.2) is 35.8 Å². The predicted molar refractivity (Wildman–Crippen MR) is 100 cm³/mol. The zero-order valence-corrected chi connectivity index (χ0v) is 15.4. The van der Waals surface area contributed by atoms with Gasteiger partial charge in [-0.05, 0) is 61.8 Å². The average molecular weight is 356 g/mol. The van der Waals surface area contributed by atoms with E-state index in [1.807, 2.05) is 28.6 Å². The maximum atomic E-state index is 12.7. The molecule has 0 spiro atoms. The highest BCUT2D eigenvalue weighted by molar-refractivity contribution is 7.10. The topological polar surface area (TPSA) is 36.4 Å². The van der Waals surface area contributed by atoms with Gasteiger partial charge < -0.3 is 4.90 Å². The lowest BCUT2D eigenvalue weighted by Gasteiger charge is -2.24. The van der Waals surface area contributed by atoms with Crippen LogP contribution in [0.5, 0.6) is 0 Å². The molecule has 0 bridgehead atoms. The summed E-state index contributed by atoms with van der Waals surface area (Å²) in [5.74, 6) is 0.230. The van der Waals surface area contributed by atoms with Crippen LogP contribution >= 0.6 is 11.3 Å². The molecular weight excluding hydrogens is 330 g/mol. The lowest BCUT2D eigenvalue weighted by molar-refractivity contribution is -0.131. The molecule has 0 saturated carbocycles. The molecule has 2 aliphatic rings. The van der Waals surface area contributed by atoms with E-state index in [1.165, 1.54) is 31.5 Å². The van der Waals surface area contributed by atoms with Gasteiger partial charge in [0.2, 0.25) is 5.91 Å². The second-order valence-corrected chi connectivity index (χ2v) is 8.11. The molecule has 25 heavy (non-hydrogen) atoms. The molecule has 2 aliphatic heterocycles. The van der Waals surface area contributed by atoms with E-state index in [-0.39, 0.29) is 11.9 Å². The van der Waals surface area contributed by atoms with E-state index in [1.54, 1.807) is 11.3 Å². The van der Waals surface area contributed by atoms with Crippen molar-refractivity contribution >= 4 is 17.2 Å². The van der Waals surface area contributed by atoms with Crippen molar-refractivity contribution in [3.05, 3.63) is 52.0 Å². The molecule has 2 fully saturated rings. The molecular formula is C20H25N3OS. The van der Waals surface area contributed by atoms with Crippen molar-refractivity contribution in [2.75, 3.05) is 19.6 Å². The fourth-order valence-corrected chi connectivity index (χ4v) is 4.66. The van der Waals surface area contributed by atoms with Gasteiger partial charge in [-0.3, -0.25) is 14.7 Å². The van der Waals surface area contributed by atoms with E-state index in [9.17, 15) is 4.79 Å². The van der Waals surface area contributed by atoms with Gasteiger partial charge in [-0.1, -0.05) is 12.1 Å². The van der Waals surface area contributed by atoms with Crippen LogP contribution in [0.3, 0.4) is 0 Å². The van der Waals surface area contributed by atoms with Crippen LogP contribution < -0.4 is 0 Å². The van der Waals surface area contributed by atoms with E-state index >= 15 is 0 Å². The van der Waals surface area contributed by atoms with Crippen molar-refractivity contribution in [1.29, 1.82) is 0 Å². The van der Waals surface area contributed by atoms with Gasteiger partial charge in [0.25, 0.3) is 0 Å². The van der Waals surface area contributed by atoms with Gasteiger partial charge in [-0.2, -0.15) is 0 Å². The van der Waals surface area contributed by atoms with Gasteiger partial charge in [-0.15, -0.1) is 11.3 Å². The van der Waals surface area contributed by atoms with E-state index in [0.29, 0.717) is 6.42 Å². The maximum absolute atomic E-state index is 12.7. The number of hydrogen-bond donors (Lipinski definition) is 0. The molecule has 0 N–H and O–H groups in total. The fourth-order valence-electron chi connectivity index (χ4n) is 3.96. The third-order valence-electron chi connectivity index (χ3n) is 5.27. The summed E-state index contributed by atoms with van der Waals surface area (Å²) in [6.45, 7) is 4.26. The van der Waals surface area contributed by atoms with Gasteiger partial charge in [0.05, 0.1) is 18.2 Å². The number of likely N-dealkylation sites (tertiary alicyclic amines) is 2. The van der Waals surface area contributed by atoms with Crippen LogP contribution in [0.1, 0.15) is 47.9 Å². The van der Waals surface area contributed by atoms with Gasteiger partial charge in [0.15, 0.2) is 0 Å². The maximum Gasteiger partial charge on any atom is 0.228 e. The Kier molecular flexibility index (Phi) is 5.13. The Labute approximate surface area is 153 Å². The van der Waals surface area contributed by atoms with Gasteiger partial charge in [-0.25, -0.2) is 0 Å². The van der Waals surface area contributed by atoms with Crippen LogP contribution in [0.4, 0.5) is 0 Å². The molecule has 2 aromatic rings. The zero-order valence-electron chi connectivity index (χ0n) is 14.6. The van der Waals surface area contributed by atoms with Crippen molar-refractivity contribution in [2.45, 2.75) is 44.7 Å². The largest absolute Gasteiger partial charge is 0.334 e. The summed E-state index contributed by atoms with van der Waals surface area (Å²) in [4.78, 5) is 23.1. The number of hydrogen-bond acceptors (Lipinski definition) is 4. The van der Waals surface area contributed by atoms with Crippen molar-refractivity contribution in [1.82, 2.24) is 14.8 Å². The molecule has 0 aliphatic carbocycles. The van der Waals surface area contributed by atoms with Crippen LogP contribution in [0.25, 0.3) is 0 Å². The van der Waals surface area contributed by atoms with Gasteiger partial charge in [0, 0.05) is 24.2 Å². The molecule has 5 heteroatoms. The molecule has 1 amide bonds. The third-order valence-corrected chi connectivity index (χ3v) is 6.15. The summed E-state index contributed by atoms with van der Waals surface area (Å²) >= 11 is 1.66. The van der Waals surface area contributed by atoms with Crippen molar-refractivity contribution < 1.29 is 4.79 Å². The molecule has 1 unspecified atom stereocenters. The van der Waals surface area contributed by atoms with Crippen molar-refractivity contribution in [3.63, 3.8) is 0 Å². The van der Waals surface area contributed by atoms with Crippen LogP contribution in [-0.2, 0) is 17.8 Å². The highest BCUT2D eigenvalue weighted by atomic mass is 32.1. The Morgan fingerprint density at radius 1 is 1.16 bits per heavy atom. The van der Waals surface area contributed by atoms with Crippen LogP contribution in [-0.4, -0.2) is 40.3 Å². The van der Waals surface area contributed by atoms with Crippen LogP contribution in [0, 0.1) is 0 Å². The Morgan fingerprint density at radius 2 is 2.04 bits per heavy atom. The molecule has 0 aromatic carbocycles. The molecule has 2 saturated heterocycles. The first-order valence-electron chi connectivity index (χ1n) is 9.28. The highest BCUT2D eigenvalue weighted by Crippen LogP contribution is 2.31. The molecule has 1 atom stereocenters. The molecule has 2 aromatic heterocycles. The van der Waals surface area contributed by atoms with Crippen molar-refractivity contribution in [3.8, 4) is 0 Å². The number of thiophene rings is 1. The summed E-state index contributed by atoms with van der Waals surface area (Å²) in [5, 5.41) is 2.03. The first-order chi connectivity index (χ1) is 12.3. The number of amides is 1. The van der Waals surface area contributed by atoms with Gasteiger partial charge in [0.1, 0.15) is 0 Å². The zero-order chi connectivity index (χ0) is 17.1. The Hall–Kier alpha value is -1.72. The Morgan fingerprint density at radius 3 is 2.76 bits per heavy atom. The monoisotopic (exact) mass is 355 g/mol. The average Bonchev–Trinajstić information content (AvgIpc) is 3.38. The summed E-state index contributed by atoms with van der Waals surface area (Å²) in [6.07, 6.45) is 7.24. The minimum absolute atomic E-state index is 0.147. The molecule has 0 radical (unpaired) electrons. The molecule has 4 rings (SSSR count). The fraction of sp³-hybridized carbons (Fsp3) is 0.500. The number of aromatic nitrogens is 1. The highest BCUT2D eigenvalue weighted by Gasteiger charge is 2.30. The minimum Gasteiger partial charge on any atom is -0.334 e. The standard InChI is InChI=1S/C20H25N3OS/c24-20(13-17-5-4-12-25-17)23-11-3-6-19(23)18-8-7-16(14-21-18)15-22-9-1-2-10-22/h4-5,7-8,12,14,19H,1-3,6,9-11,13,15H2. The number of carbonyl (C=O) groups is 1. The quantitative estimate of drug-likeness (QED) is 0.821. The van der Waals surface area contributed by atoms with E-state index in [0.717, 1.165) is 36.5 Å². The van der Waals surface area contributed by atoms with Crippen molar-refractivity contribution in [2.24, 2.45) is 0 Å². The summed E-state index contributed by atoms with van der Waals surface area (Å²) in [5.41, 5.74) is 2.32. The number of nitrogens with zero attached hydrogens (tertiary/aromatic N) is 3. The second-order valence-electron chi connectivity index (χ2n) is 7.08. The molecule has 132 valence electrons. The number of carbonyl (C=O) groups excluding carboxylic acids is 1. The Bertz CT molecular complexity index is 692. The predicted octanol–water partition coefficient (Wildman–Crippen LogP) is 3.65. The summed E-state index contributed by atoms with van der Waals surface area (Å²) in [7, 11) is 0. The lowest BCUT2D eigenvalue weighted by atomic mass is 10.1. The molecule has 4 nitrogen and oxygen atoms in total. The second kappa shape index (κ2) is 7.67. The normalized spacial score (nSPS) is 21.1. The smallest absolute Gasteiger partial charge is 0.228 e. The number of pyridine rings is 1. The summed E-state index contributed by atoms with van der Waals surface area (Å²) in [6, 6.07) is 8.52. The van der Waals surface area contributed by atoms with E-state index in [2.05, 4.69) is 17.0 Å². The van der Waals surface area contributed by atoms with E-state index in [4.69, 9.17) is 4.98 Å². The first kappa shape index (κ1) is 16.7. The van der Waals surface area contributed by atoms with Crippen LogP contribution in [0.2, 0.25) is 0 Å². The first-order valence-corrected chi connectivity index (χ1v) is 10.2. The van der Waals surface area contributed by atoms with Gasteiger partial charge >= 0.3 is 0 Å². The SMILES string of the molecule is O=C(Cc1cccs1)N1CCCC1c1ccc(CN2CCCC2)cn1. The third kappa shape index (κ3) is 3.93. The molecule has 4 heterocycles. The number of rotatable bonds is 5. The van der Waals surface area contributed by atoms with E-state index < -0.39 is 0 Å².